The number of nitrogens with zero attached hydrogens (tertiary/aromatic N) is 2. The molecule has 0 bridgehead atoms. The van der Waals surface area contributed by atoms with Gasteiger partial charge in [0.1, 0.15) is 11.4 Å². The average molecular weight is 372 g/mol. The van der Waals surface area contributed by atoms with Crippen LogP contribution in [0.5, 0.6) is 5.75 Å². The van der Waals surface area contributed by atoms with Crippen LogP contribution in [0.1, 0.15) is 28.2 Å². The van der Waals surface area contributed by atoms with E-state index in [1.54, 1.807) is 19.1 Å². The highest BCUT2D eigenvalue weighted by atomic mass is 32.2. The summed E-state index contributed by atoms with van der Waals surface area (Å²) in [6.45, 7) is 4.89. The molecule has 2 fully saturated rings. The number of para-hydroxylation sites is 1. The fraction of sp³-hybridized carbons (Fsp3) is 0.450. The van der Waals surface area contributed by atoms with Gasteiger partial charge in [-0.15, -0.1) is 0 Å². The molecule has 2 unspecified atom stereocenters. The minimum absolute atomic E-state index is 0.0578. The topological polar surface area (TPSA) is 46.5 Å². The Balaban J connectivity index is 1.43. The largest absolute Gasteiger partial charge is 0.496 e. The molecular weight excluding hydrogens is 346 g/mol. The zero-order valence-electron chi connectivity index (χ0n) is 15.5. The molecule has 26 heavy (non-hydrogen) atoms. The van der Waals surface area contributed by atoms with Gasteiger partial charge in [0.15, 0.2) is 0 Å². The molecule has 4 rings (SSSR count). The second-order valence-corrected chi connectivity index (χ2v) is 8.37. The molecule has 2 aromatic rings. The van der Waals surface area contributed by atoms with E-state index in [-0.39, 0.29) is 5.91 Å². The van der Waals surface area contributed by atoms with Gasteiger partial charge < -0.3 is 14.6 Å². The summed E-state index contributed by atoms with van der Waals surface area (Å²) in [4.78, 5) is 13.9. The minimum atomic E-state index is -0.0578. The average Bonchev–Trinajstić information content (AvgIpc) is 3.17. The molecule has 2 atom stereocenters. The lowest BCUT2D eigenvalue weighted by atomic mass is 10.2. The Labute approximate surface area is 158 Å². The molecule has 1 aromatic carbocycles. The summed E-state index contributed by atoms with van der Waals surface area (Å²) in [5.41, 5.74) is 2.81. The molecule has 5 nitrogen and oxygen atoms in total. The number of carbonyl (C=O) groups is 1. The third kappa shape index (κ3) is 3.35. The first kappa shape index (κ1) is 17.5. The molecule has 138 valence electrons. The predicted molar refractivity (Wildman–Crippen MR) is 103 cm³/mol. The first-order valence-electron chi connectivity index (χ1n) is 9.06. The highest BCUT2D eigenvalue weighted by molar-refractivity contribution is 7.97. The molecule has 1 aromatic heterocycles. The maximum Gasteiger partial charge on any atom is 0.268 e. The molecule has 1 saturated heterocycles. The van der Waals surface area contributed by atoms with E-state index in [1.165, 1.54) is 24.4 Å². The summed E-state index contributed by atoms with van der Waals surface area (Å²) in [7, 11) is 3.60. The molecule has 1 saturated carbocycles. The van der Waals surface area contributed by atoms with Crippen LogP contribution < -0.4 is 10.1 Å². The van der Waals surface area contributed by atoms with Crippen molar-refractivity contribution in [2.75, 3.05) is 20.2 Å². The Morgan fingerprint density at radius 1 is 1.31 bits per heavy atom. The van der Waals surface area contributed by atoms with E-state index in [0.717, 1.165) is 28.8 Å². The van der Waals surface area contributed by atoms with Crippen LogP contribution >= 0.6 is 11.9 Å². The van der Waals surface area contributed by atoms with Crippen LogP contribution in [0.15, 0.2) is 35.2 Å². The van der Waals surface area contributed by atoms with Crippen LogP contribution in [0.4, 0.5) is 0 Å². The molecule has 1 aliphatic carbocycles. The number of piperidine rings is 1. The fourth-order valence-electron chi connectivity index (χ4n) is 3.67. The van der Waals surface area contributed by atoms with E-state index in [0.29, 0.717) is 12.2 Å². The first-order chi connectivity index (χ1) is 12.6. The van der Waals surface area contributed by atoms with Crippen molar-refractivity contribution in [2.24, 2.45) is 18.9 Å². The van der Waals surface area contributed by atoms with Crippen molar-refractivity contribution in [3.05, 3.63) is 47.3 Å². The molecule has 2 heterocycles. The van der Waals surface area contributed by atoms with Crippen LogP contribution in [0, 0.1) is 18.8 Å². The highest BCUT2D eigenvalue weighted by Gasteiger charge is 2.45. The quantitative estimate of drug-likeness (QED) is 0.792. The van der Waals surface area contributed by atoms with Gasteiger partial charge in [-0.3, -0.25) is 4.79 Å². The SMILES string of the molecule is COc1ccccc1CNC(=O)c1cc(SN2CC3CC3C2)c(C)n1C. The summed E-state index contributed by atoms with van der Waals surface area (Å²) in [5.74, 6) is 2.56. The smallest absolute Gasteiger partial charge is 0.268 e. The molecule has 0 spiro atoms. The van der Waals surface area contributed by atoms with Gasteiger partial charge in [-0.25, -0.2) is 4.31 Å². The van der Waals surface area contributed by atoms with Gasteiger partial charge in [0, 0.05) is 42.8 Å². The third-order valence-electron chi connectivity index (χ3n) is 5.53. The summed E-state index contributed by atoms with van der Waals surface area (Å²) >= 11 is 1.80. The van der Waals surface area contributed by atoms with Crippen LogP contribution in [-0.4, -0.2) is 35.0 Å². The standard InChI is InChI=1S/C20H25N3O2S/c1-13-19(26-23-11-15-8-16(15)12-23)9-17(22(13)2)20(24)21-10-14-6-4-5-7-18(14)25-3/h4-7,9,15-16H,8,10-12H2,1-3H3,(H,21,24). The first-order valence-corrected chi connectivity index (χ1v) is 9.83. The number of hydrogen-bond donors (Lipinski definition) is 1. The summed E-state index contributed by atoms with van der Waals surface area (Å²) < 4.78 is 9.78. The number of rotatable bonds is 6. The maximum atomic E-state index is 12.7. The van der Waals surface area contributed by atoms with Crippen molar-refractivity contribution < 1.29 is 9.53 Å². The van der Waals surface area contributed by atoms with Crippen LogP contribution in [0.2, 0.25) is 0 Å². The number of nitrogens with one attached hydrogen (secondary N) is 1. The molecule has 1 aliphatic heterocycles. The lowest BCUT2D eigenvalue weighted by Crippen LogP contribution is -2.25. The van der Waals surface area contributed by atoms with Gasteiger partial charge in [-0.05, 0) is 49.3 Å². The van der Waals surface area contributed by atoms with Crippen molar-refractivity contribution in [2.45, 2.75) is 24.8 Å². The highest BCUT2D eigenvalue weighted by Crippen LogP contribution is 2.48. The van der Waals surface area contributed by atoms with Gasteiger partial charge in [-0.1, -0.05) is 18.2 Å². The summed E-state index contributed by atoms with van der Waals surface area (Å²) in [6.07, 6.45) is 1.40. The number of carbonyl (C=O) groups excluding carboxylic acids is 1. The van der Waals surface area contributed by atoms with Crippen molar-refractivity contribution in [3.8, 4) is 5.75 Å². The van der Waals surface area contributed by atoms with Crippen molar-refractivity contribution in [1.82, 2.24) is 14.2 Å². The van der Waals surface area contributed by atoms with E-state index in [1.807, 2.05) is 41.9 Å². The molecule has 2 aliphatic rings. The van der Waals surface area contributed by atoms with Crippen molar-refractivity contribution in [1.29, 1.82) is 0 Å². The maximum absolute atomic E-state index is 12.7. The Kier molecular flexibility index (Phi) is 4.71. The lowest BCUT2D eigenvalue weighted by molar-refractivity contribution is 0.0942. The third-order valence-corrected chi connectivity index (χ3v) is 6.69. The number of hydrogen-bond acceptors (Lipinski definition) is 4. The zero-order chi connectivity index (χ0) is 18.3. The Morgan fingerprint density at radius 3 is 2.77 bits per heavy atom. The van der Waals surface area contributed by atoms with E-state index in [9.17, 15) is 4.79 Å². The van der Waals surface area contributed by atoms with Gasteiger partial charge in [0.05, 0.1) is 7.11 Å². The van der Waals surface area contributed by atoms with Gasteiger partial charge in [-0.2, -0.15) is 0 Å². The monoisotopic (exact) mass is 371 g/mol. The fourth-order valence-corrected chi connectivity index (χ4v) is 4.91. The van der Waals surface area contributed by atoms with Gasteiger partial charge in [0.2, 0.25) is 0 Å². The molecule has 1 N–H and O–H groups in total. The van der Waals surface area contributed by atoms with E-state index in [2.05, 4.69) is 16.5 Å². The van der Waals surface area contributed by atoms with Crippen LogP contribution in [0.25, 0.3) is 0 Å². The molecule has 1 amide bonds. The normalized spacial score (nSPS) is 21.5. The van der Waals surface area contributed by atoms with E-state index < -0.39 is 0 Å². The number of benzene rings is 1. The summed E-state index contributed by atoms with van der Waals surface area (Å²) in [6, 6.07) is 9.77. The lowest BCUT2D eigenvalue weighted by Gasteiger charge is -2.15. The molecule has 6 heteroatoms. The van der Waals surface area contributed by atoms with Crippen LogP contribution in [0.3, 0.4) is 0 Å². The van der Waals surface area contributed by atoms with Crippen LogP contribution in [-0.2, 0) is 13.6 Å². The number of fused-ring (bicyclic) bond motifs is 1. The van der Waals surface area contributed by atoms with E-state index >= 15 is 0 Å². The number of ether oxygens (including phenoxy) is 1. The second kappa shape index (κ2) is 7.00. The predicted octanol–water partition coefficient (Wildman–Crippen LogP) is 3.23. The second-order valence-electron chi connectivity index (χ2n) is 7.23. The zero-order valence-corrected chi connectivity index (χ0v) is 16.3. The number of amides is 1. The Morgan fingerprint density at radius 2 is 2.04 bits per heavy atom. The van der Waals surface area contributed by atoms with Gasteiger partial charge in [0.25, 0.3) is 5.91 Å². The summed E-state index contributed by atoms with van der Waals surface area (Å²) in [5, 5.41) is 3.02. The number of aromatic nitrogens is 1. The van der Waals surface area contributed by atoms with Crippen molar-refractivity contribution in [3.63, 3.8) is 0 Å². The van der Waals surface area contributed by atoms with Gasteiger partial charge >= 0.3 is 0 Å². The number of methoxy groups -OCH3 is 1. The van der Waals surface area contributed by atoms with E-state index in [4.69, 9.17) is 4.74 Å². The molecular formula is C20H25N3O2S. The van der Waals surface area contributed by atoms with Crippen molar-refractivity contribution >= 4 is 17.9 Å². The minimum Gasteiger partial charge on any atom is -0.496 e. The Hall–Kier alpha value is -1.92. The molecule has 0 radical (unpaired) electrons. The Bertz CT molecular complexity index is 822.